The number of imidazole rings is 1. The van der Waals surface area contributed by atoms with E-state index in [-0.39, 0.29) is 0 Å². The van der Waals surface area contributed by atoms with Gasteiger partial charge < -0.3 is 9.30 Å². The minimum absolute atomic E-state index is 0.378. The van der Waals surface area contributed by atoms with Crippen LogP contribution in [0.15, 0.2) is 6.33 Å². The maximum atomic E-state index is 6.13. The quantitative estimate of drug-likeness (QED) is 0.812. The molecule has 21 heavy (non-hydrogen) atoms. The fraction of sp³-hybridized carbons (Fsp3) is 0.643. The molecule has 2 aromatic heterocycles. The van der Waals surface area contributed by atoms with Crippen molar-refractivity contribution >= 4 is 22.8 Å². The Morgan fingerprint density at radius 1 is 1.29 bits per heavy atom. The second-order valence-corrected chi connectivity index (χ2v) is 5.96. The molecule has 0 saturated carbocycles. The third kappa shape index (κ3) is 1.92. The van der Waals surface area contributed by atoms with E-state index < -0.39 is 0 Å². The first-order valence-corrected chi connectivity index (χ1v) is 7.92. The van der Waals surface area contributed by atoms with Gasteiger partial charge in [-0.3, -0.25) is 4.90 Å². The zero-order valence-corrected chi connectivity index (χ0v) is 12.8. The molecule has 7 heteroatoms. The first-order chi connectivity index (χ1) is 10.3. The van der Waals surface area contributed by atoms with Gasteiger partial charge in [0.05, 0.1) is 19.0 Å². The normalized spacial score (nSPS) is 25.6. The van der Waals surface area contributed by atoms with Crippen LogP contribution in [0.5, 0.6) is 5.88 Å². The van der Waals surface area contributed by atoms with Gasteiger partial charge in [-0.25, -0.2) is 9.97 Å². The first-order valence-electron chi connectivity index (χ1n) is 7.39. The van der Waals surface area contributed by atoms with Crippen LogP contribution in [0.1, 0.15) is 31.1 Å². The number of methoxy groups -OCH3 is 1. The maximum absolute atomic E-state index is 6.13. The molecule has 4 heterocycles. The third-order valence-corrected chi connectivity index (χ3v) is 4.97. The third-order valence-electron chi connectivity index (χ3n) is 4.73. The highest BCUT2D eigenvalue weighted by molar-refractivity contribution is 6.16. The Kier molecular flexibility index (Phi) is 3.23. The number of nitrogens with zero attached hydrogens (tertiary/aromatic N) is 5. The topological polar surface area (TPSA) is 56.1 Å². The summed E-state index contributed by atoms with van der Waals surface area (Å²) in [5.41, 5.74) is 1.56. The van der Waals surface area contributed by atoms with Crippen molar-refractivity contribution < 1.29 is 4.74 Å². The van der Waals surface area contributed by atoms with Crippen LogP contribution in [0.3, 0.4) is 0 Å². The zero-order valence-electron chi connectivity index (χ0n) is 12.0. The van der Waals surface area contributed by atoms with Crippen LogP contribution in [-0.2, 0) is 5.88 Å². The van der Waals surface area contributed by atoms with Crippen molar-refractivity contribution in [1.82, 2.24) is 24.4 Å². The second kappa shape index (κ2) is 5.10. The van der Waals surface area contributed by atoms with Crippen molar-refractivity contribution in [1.29, 1.82) is 0 Å². The molecule has 2 aliphatic rings. The number of hydrogen-bond acceptors (Lipinski definition) is 5. The zero-order chi connectivity index (χ0) is 14.4. The molecule has 6 nitrogen and oxygen atoms in total. The first kappa shape index (κ1) is 13.3. The lowest BCUT2D eigenvalue weighted by atomic mass is 10.1. The average Bonchev–Trinajstić information content (AvgIpc) is 3.19. The number of hydrogen-bond donors (Lipinski definition) is 0. The van der Waals surface area contributed by atoms with Crippen molar-refractivity contribution in [3.05, 3.63) is 12.2 Å². The highest BCUT2D eigenvalue weighted by Gasteiger charge is 2.40. The van der Waals surface area contributed by atoms with Crippen molar-refractivity contribution in [3.63, 3.8) is 0 Å². The Hall–Kier alpha value is -1.40. The largest absolute Gasteiger partial charge is 0.479 e. The SMILES string of the molecule is COc1ncnc2c1nc(CCl)n2C1CCN2CCCC12. The van der Waals surface area contributed by atoms with Crippen LogP contribution in [-0.4, -0.2) is 50.7 Å². The van der Waals surface area contributed by atoms with Gasteiger partial charge in [0.2, 0.25) is 5.88 Å². The maximum Gasteiger partial charge on any atom is 0.245 e. The molecule has 0 spiro atoms. The fourth-order valence-electron chi connectivity index (χ4n) is 3.88. The highest BCUT2D eigenvalue weighted by atomic mass is 35.5. The van der Waals surface area contributed by atoms with Crippen molar-refractivity contribution in [3.8, 4) is 5.88 Å². The Balaban J connectivity index is 1.87. The molecule has 0 radical (unpaired) electrons. The van der Waals surface area contributed by atoms with E-state index in [0.717, 1.165) is 24.4 Å². The van der Waals surface area contributed by atoms with Crippen LogP contribution in [0, 0.1) is 0 Å². The molecule has 0 aliphatic carbocycles. The molecule has 112 valence electrons. The Morgan fingerprint density at radius 3 is 3.00 bits per heavy atom. The number of rotatable bonds is 3. The molecule has 2 aliphatic heterocycles. The summed E-state index contributed by atoms with van der Waals surface area (Å²) in [4.78, 5) is 15.8. The van der Waals surface area contributed by atoms with Crippen LogP contribution in [0.25, 0.3) is 11.2 Å². The molecule has 2 saturated heterocycles. The summed E-state index contributed by atoms with van der Waals surface area (Å²) in [6.07, 6.45) is 5.20. The van der Waals surface area contributed by atoms with E-state index in [9.17, 15) is 0 Å². The van der Waals surface area contributed by atoms with E-state index in [2.05, 4.69) is 24.4 Å². The fourth-order valence-corrected chi connectivity index (χ4v) is 4.07. The van der Waals surface area contributed by atoms with E-state index in [1.54, 1.807) is 13.4 Å². The second-order valence-electron chi connectivity index (χ2n) is 5.69. The molecular formula is C14H18ClN5O. The predicted molar refractivity (Wildman–Crippen MR) is 79.7 cm³/mol. The van der Waals surface area contributed by atoms with Gasteiger partial charge in [-0.1, -0.05) is 0 Å². The van der Waals surface area contributed by atoms with Crippen molar-refractivity contribution in [2.75, 3.05) is 20.2 Å². The molecule has 0 bridgehead atoms. The summed E-state index contributed by atoms with van der Waals surface area (Å²) >= 11 is 6.13. The summed E-state index contributed by atoms with van der Waals surface area (Å²) in [5, 5.41) is 0. The summed E-state index contributed by atoms with van der Waals surface area (Å²) in [5.74, 6) is 1.76. The number of ether oxygens (including phenoxy) is 1. The van der Waals surface area contributed by atoms with Gasteiger partial charge in [0.15, 0.2) is 11.2 Å². The smallest absolute Gasteiger partial charge is 0.245 e. The van der Waals surface area contributed by atoms with E-state index in [1.165, 1.54) is 19.4 Å². The molecule has 0 amide bonds. The van der Waals surface area contributed by atoms with E-state index >= 15 is 0 Å². The standard InChI is InChI=1S/C14H18ClN5O/c1-21-14-12-13(16-8-17-14)20(11(7-15)18-12)10-4-6-19-5-2-3-9(10)19/h8-10H,2-7H2,1H3. The Morgan fingerprint density at radius 2 is 2.19 bits per heavy atom. The van der Waals surface area contributed by atoms with E-state index in [1.807, 2.05) is 0 Å². The number of aromatic nitrogens is 4. The summed E-state index contributed by atoms with van der Waals surface area (Å²) < 4.78 is 7.53. The van der Waals surface area contributed by atoms with Crippen LogP contribution in [0.4, 0.5) is 0 Å². The van der Waals surface area contributed by atoms with Gasteiger partial charge in [-0.2, -0.15) is 4.98 Å². The molecule has 0 aromatic carbocycles. The Bertz CT molecular complexity index is 673. The van der Waals surface area contributed by atoms with E-state index in [4.69, 9.17) is 16.3 Å². The Labute approximate surface area is 128 Å². The molecule has 2 fully saturated rings. The highest BCUT2D eigenvalue weighted by Crippen LogP contribution is 2.39. The predicted octanol–water partition coefficient (Wildman–Crippen LogP) is 1.98. The van der Waals surface area contributed by atoms with Crippen LogP contribution in [0.2, 0.25) is 0 Å². The average molecular weight is 308 g/mol. The lowest BCUT2D eigenvalue weighted by Gasteiger charge is -2.23. The minimum Gasteiger partial charge on any atom is -0.479 e. The summed E-state index contributed by atoms with van der Waals surface area (Å²) in [7, 11) is 1.61. The molecule has 2 unspecified atom stereocenters. The van der Waals surface area contributed by atoms with Crippen LogP contribution < -0.4 is 4.74 Å². The monoisotopic (exact) mass is 307 g/mol. The molecular weight excluding hydrogens is 290 g/mol. The van der Waals surface area contributed by atoms with Crippen molar-refractivity contribution in [2.45, 2.75) is 37.2 Å². The van der Waals surface area contributed by atoms with Gasteiger partial charge >= 0.3 is 0 Å². The van der Waals surface area contributed by atoms with Gasteiger partial charge in [-0.05, 0) is 25.8 Å². The minimum atomic E-state index is 0.378. The van der Waals surface area contributed by atoms with Gasteiger partial charge in [0.25, 0.3) is 0 Å². The van der Waals surface area contributed by atoms with Crippen LogP contribution >= 0.6 is 11.6 Å². The van der Waals surface area contributed by atoms with Gasteiger partial charge in [0.1, 0.15) is 12.2 Å². The summed E-state index contributed by atoms with van der Waals surface area (Å²) in [6, 6.07) is 0.996. The lowest BCUT2D eigenvalue weighted by molar-refractivity contribution is 0.290. The van der Waals surface area contributed by atoms with Gasteiger partial charge in [-0.15, -0.1) is 11.6 Å². The molecule has 2 aromatic rings. The van der Waals surface area contributed by atoms with E-state index in [0.29, 0.717) is 29.4 Å². The number of fused-ring (bicyclic) bond motifs is 2. The molecule has 0 N–H and O–H groups in total. The molecule has 2 atom stereocenters. The van der Waals surface area contributed by atoms with Gasteiger partial charge in [0, 0.05) is 12.6 Å². The summed E-state index contributed by atoms with van der Waals surface area (Å²) in [6.45, 7) is 2.36. The number of halogens is 1. The molecule has 4 rings (SSSR count). The number of alkyl halides is 1. The van der Waals surface area contributed by atoms with Crippen molar-refractivity contribution in [2.24, 2.45) is 0 Å². The lowest BCUT2D eigenvalue weighted by Crippen LogP contribution is -2.28.